The Balaban J connectivity index is 2.18. The number of aryl methyl sites for hydroxylation is 2. The molecule has 0 heterocycles. The lowest BCUT2D eigenvalue weighted by atomic mass is 9.70. The SMILES string of the molecule is CCOC(=O)C=CC1(C)CCCc2ccc(CCC(=O)OCC)cc21. The molecule has 4 heteroatoms. The Bertz CT molecular complexity index is 647. The molecular formula is C21H28O4. The van der Waals surface area contributed by atoms with E-state index in [0.717, 1.165) is 24.8 Å². The molecule has 1 aromatic carbocycles. The van der Waals surface area contributed by atoms with Crippen molar-refractivity contribution < 1.29 is 19.1 Å². The molecule has 0 fully saturated rings. The van der Waals surface area contributed by atoms with Crippen molar-refractivity contribution in [2.75, 3.05) is 13.2 Å². The van der Waals surface area contributed by atoms with Crippen LogP contribution >= 0.6 is 0 Å². The highest BCUT2D eigenvalue weighted by atomic mass is 16.5. The van der Waals surface area contributed by atoms with Crippen LogP contribution in [0.3, 0.4) is 0 Å². The number of carbonyl (C=O) groups is 2. The molecule has 1 aromatic rings. The van der Waals surface area contributed by atoms with Gasteiger partial charge >= 0.3 is 11.9 Å². The summed E-state index contributed by atoms with van der Waals surface area (Å²) in [6.45, 7) is 6.58. The van der Waals surface area contributed by atoms with E-state index in [-0.39, 0.29) is 17.4 Å². The minimum Gasteiger partial charge on any atom is -0.466 e. The Morgan fingerprint density at radius 3 is 2.68 bits per heavy atom. The highest BCUT2D eigenvalue weighted by Crippen LogP contribution is 2.39. The molecule has 25 heavy (non-hydrogen) atoms. The molecule has 1 aliphatic rings. The van der Waals surface area contributed by atoms with Crippen LogP contribution in [-0.4, -0.2) is 25.2 Å². The molecule has 1 aliphatic carbocycles. The van der Waals surface area contributed by atoms with Crippen molar-refractivity contribution in [1.29, 1.82) is 0 Å². The maximum Gasteiger partial charge on any atom is 0.330 e. The van der Waals surface area contributed by atoms with Crippen LogP contribution in [0.2, 0.25) is 0 Å². The first-order chi connectivity index (χ1) is 12.0. The van der Waals surface area contributed by atoms with E-state index in [0.29, 0.717) is 26.1 Å². The molecule has 0 radical (unpaired) electrons. The predicted octanol–water partition coefficient (Wildman–Crippen LogP) is 3.90. The molecule has 0 saturated carbocycles. The summed E-state index contributed by atoms with van der Waals surface area (Å²) < 4.78 is 10.0. The molecule has 0 N–H and O–H groups in total. The van der Waals surface area contributed by atoms with Gasteiger partial charge in [-0.2, -0.15) is 0 Å². The van der Waals surface area contributed by atoms with Crippen LogP contribution in [0, 0.1) is 0 Å². The zero-order valence-corrected chi connectivity index (χ0v) is 15.5. The highest BCUT2D eigenvalue weighted by molar-refractivity contribution is 5.82. The molecule has 0 bridgehead atoms. The molecular weight excluding hydrogens is 316 g/mol. The molecule has 0 aliphatic heterocycles. The third-order valence-electron chi connectivity index (χ3n) is 4.73. The Kier molecular flexibility index (Phi) is 6.80. The summed E-state index contributed by atoms with van der Waals surface area (Å²) in [4.78, 5) is 23.3. The van der Waals surface area contributed by atoms with Gasteiger partial charge in [0.25, 0.3) is 0 Å². The van der Waals surface area contributed by atoms with Crippen molar-refractivity contribution in [3.8, 4) is 0 Å². The van der Waals surface area contributed by atoms with Crippen molar-refractivity contribution >= 4 is 11.9 Å². The number of carbonyl (C=O) groups excluding carboxylic acids is 2. The number of rotatable bonds is 7. The minimum absolute atomic E-state index is 0.162. The topological polar surface area (TPSA) is 52.6 Å². The fourth-order valence-electron chi connectivity index (χ4n) is 3.40. The van der Waals surface area contributed by atoms with Crippen LogP contribution in [0.1, 0.15) is 56.7 Å². The monoisotopic (exact) mass is 344 g/mol. The average molecular weight is 344 g/mol. The lowest BCUT2D eigenvalue weighted by molar-refractivity contribution is -0.143. The van der Waals surface area contributed by atoms with Gasteiger partial charge in [0, 0.05) is 17.9 Å². The average Bonchev–Trinajstić information content (AvgIpc) is 2.59. The second kappa shape index (κ2) is 8.84. The minimum atomic E-state index is -0.297. The standard InChI is InChI=1S/C21H28O4/c1-4-24-19(22)11-9-16-8-10-17-7-6-13-21(3,18(17)15-16)14-12-20(23)25-5-2/h8,10,12,14-15H,4-7,9,11,13H2,1-3H3. The van der Waals surface area contributed by atoms with Crippen LogP contribution < -0.4 is 0 Å². The number of fused-ring (bicyclic) bond motifs is 1. The number of hydrogen-bond acceptors (Lipinski definition) is 4. The van der Waals surface area contributed by atoms with Gasteiger partial charge < -0.3 is 9.47 Å². The number of esters is 2. The first kappa shape index (κ1) is 19.2. The summed E-state index contributed by atoms with van der Waals surface area (Å²) in [6, 6.07) is 6.44. The third-order valence-corrected chi connectivity index (χ3v) is 4.73. The van der Waals surface area contributed by atoms with Crippen LogP contribution in [0.5, 0.6) is 0 Å². The summed E-state index contributed by atoms with van der Waals surface area (Å²) in [5.41, 5.74) is 3.52. The van der Waals surface area contributed by atoms with Crippen LogP contribution in [-0.2, 0) is 37.3 Å². The first-order valence-electron chi connectivity index (χ1n) is 9.12. The van der Waals surface area contributed by atoms with Crippen LogP contribution in [0.4, 0.5) is 0 Å². The van der Waals surface area contributed by atoms with Gasteiger partial charge in [-0.15, -0.1) is 0 Å². The quantitative estimate of drug-likeness (QED) is 0.556. The molecule has 0 spiro atoms. The van der Waals surface area contributed by atoms with Crippen LogP contribution in [0.15, 0.2) is 30.4 Å². The molecule has 1 unspecified atom stereocenters. The number of hydrogen-bond donors (Lipinski definition) is 0. The molecule has 0 aromatic heterocycles. The molecule has 0 amide bonds. The maximum atomic E-state index is 11.7. The zero-order valence-electron chi connectivity index (χ0n) is 15.5. The highest BCUT2D eigenvalue weighted by Gasteiger charge is 2.30. The Morgan fingerprint density at radius 2 is 1.96 bits per heavy atom. The summed E-state index contributed by atoms with van der Waals surface area (Å²) in [5.74, 6) is -0.459. The molecule has 1 atom stereocenters. The maximum absolute atomic E-state index is 11.7. The van der Waals surface area contributed by atoms with Gasteiger partial charge in [-0.3, -0.25) is 4.79 Å². The smallest absolute Gasteiger partial charge is 0.330 e. The van der Waals surface area contributed by atoms with Crippen molar-refractivity contribution in [2.24, 2.45) is 0 Å². The van der Waals surface area contributed by atoms with E-state index in [1.807, 2.05) is 13.0 Å². The lowest BCUT2D eigenvalue weighted by Crippen LogP contribution is -2.26. The Labute approximate surface area is 150 Å². The van der Waals surface area contributed by atoms with E-state index in [1.54, 1.807) is 13.0 Å². The van der Waals surface area contributed by atoms with Crippen LogP contribution in [0.25, 0.3) is 0 Å². The Hall–Kier alpha value is -2.10. The molecule has 4 nitrogen and oxygen atoms in total. The zero-order chi connectivity index (χ0) is 18.3. The molecule has 0 saturated heterocycles. The van der Waals surface area contributed by atoms with E-state index < -0.39 is 0 Å². The molecule has 2 rings (SSSR count). The summed E-state index contributed by atoms with van der Waals surface area (Å²) in [5, 5.41) is 0. The van der Waals surface area contributed by atoms with Gasteiger partial charge in [-0.05, 0) is 56.2 Å². The van der Waals surface area contributed by atoms with Crippen molar-refractivity contribution in [3.63, 3.8) is 0 Å². The van der Waals surface area contributed by atoms with Gasteiger partial charge in [0.2, 0.25) is 0 Å². The third kappa shape index (κ3) is 5.18. The number of ether oxygens (including phenoxy) is 2. The summed E-state index contributed by atoms with van der Waals surface area (Å²) in [7, 11) is 0. The molecule has 136 valence electrons. The van der Waals surface area contributed by atoms with Gasteiger partial charge in [0.1, 0.15) is 0 Å². The lowest BCUT2D eigenvalue weighted by Gasteiger charge is -2.34. The second-order valence-electron chi connectivity index (χ2n) is 6.65. The summed E-state index contributed by atoms with van der Waals surface area (Å²) >= 11 is 0. The van der Waals surface area contributed by atoms with E-state index >= 15 is 0 Å². The predicted molar refractivity (Wildman–Crippen MR) is 97.5 cm³/mol. The fourth-order valence-corrected chi connectivity index (χ4v) is 3.40. The number of benzene rings is 1. The van der Waals surface area contributed by atoms with Gasteiger partial charge in [0.05, 0.1) is 13.2 Å². The number of allylic oxidation sites excluding steroid dienone is 1. The van der Waals surface area contributed by atoms with E-state index in [1.165, 1.54) is 11.1 Å². The van der Waals surface area contributed by atoms with E-state index in [2.05, 4.69) is 25.1 Å². The summed E-state index contributed by atoms with van der Waals surface area (Å²) in [6.07, 6.45) is 7.72. The van der Waals surface area contributed by atoms with Crippen molar-refractivity contribution in [3.05, 3.63) is 47.0 Å². The van der Waals surface area contributed by atoms with Crippen molar-refractivity contribution in [1.82, 2.24) is 0 Å². The van der Waals surface area contributed by atoms with Crippen molar-refractivity contribution in [2.45, 2.75) is 58.3 Å². The fraction of sp³-hybridized carbons (Fsp3) is 0.524. The second-order valence-corrected chi connectivity index (χ2v) is 6.65. The van der Waals surface area contributed by atoms with E-state index in [4.69, 9.17) is 9.47 Å². The van der Waals surface area contributed by atoms with E-state index in [9.17, 15) is 9.59 Å². The van der Waals surface area contributed by atoms with Gasteiger partial charge in [-0.25, -0.2) is 4.79 Å². The normalized spacial score (nSPS) is 19.5. The van der Waals surface area contributed by atoms with Gasteiger partial charge in [-0.1, -0.05) is 31.2 Å². The largest absolute Gasteiger partial charge is 0.466 e. The van der Waals surface area contributed by atoms with Gasteiger partial charge in [0.15, 0.2) is 0 Å². The Morgan fingerprint density at radius 1 is 1.20 bits per heavy atom. The first-order valence-corrected chi connectivity index (χ1v) is 9.12.